The van der Waals surface area contributed by atoms with Crippen LogP contribution in [-0.4, -0.2) is 23.7 Å². The van der Waals surface area contributed by atoms with Crippen LogP contribution in [0.25, 0.3) is 0 Å². The summed E-state index contributed by atoms with van der Waals surface area (Å²) in [6, 6.07) is 5.43. The molecular weight excluding hydrogens is 216 g/mol. The molecule has 0 aliphatic rings. The molecule has 0 heterocycles. The lowest BCUT2D eigenvalue weighted by atomic mass is 10.1. The first-order valence-corrected chi connectivity index (χ1v) is 5.82. The fraction of sp³-hybridized carbons (Fsp3) is 0.462. The van der Waals surface area contributed by atoms with E-state index in [2.05, 4.69) is 5.32 Å². The van der Waals surface area contributed by atoms with Crippen LogP contribution in [0.1, 0.15) is 35.7 Å². The normalized spacial score (nSPS) is 12.2. The molecule has 4 heteroatoms. The van der Waals surface area contributed by atoms with E-state index < -0.39 is 0 Å². The maximum absolute atomic E-state index is 11.9. The molecule has 1 rings (SSSR count). The number of rotatable bonds is 5. The van der Waals surface area contributed by atoms with E-state index in [0.29, 0.717) is 17.7 Å². The summed E-state index contributed by atoms with van der Waals surface area (Å²) in [5.41, 5.74) is 7.78. The average molecular weight is 236 g/mol. The van der Waals surface area contributed by atoms with Crippen molar-refractivity contribution in [1.82, 2.24) is 5.32 Å². The SMILES string of the molecule is Cc1ccc(N)c(C(=O)NC(C)CCCO)c1. The summed E-state index contributed by atoms with van der Waals surface area (Å²) in [7, 11) is 0. The third kappa shape index (κ3) is 4.07. The van der Waals surface area contributed by atoms with E-state index in [1.807, 2.05) is 19.9 Å². The van der Waals surface area contributed by atoms with Crippen LogP contribution >= 0.6 is 0 Å². The Bertz CT molecular complexity index is 391. The van der Waals surface area contributed by atoms with Crippen LogP contribution in [-0.2, 0) is 0 Å². The summed E-state index contributed by atoms with van der Waals surface area (Å²) in [5, 5.41) is 11.6. The van der Waals surface area contributed by atoms with E-state index >= 15 is 0 Å². The standard InChI is InChI=1S/C13H20N2O2/c1-9-5-6-12(14)11(8-9)13(17)15-10(2)4-3-7-16/h5-6,8,10,16H,3-4,7,14H2,1-2H3,(H,15,17). The van der Waals surface area contributed by atoms with E-state index in [9.17, 15) is 4.79 Å². The van der Waals surface area contributed by atoms with Gasteiger partial charge >= 0.3 is 0 Å². The minimum atomic E-state index is -0.156. The lowest BCUT2D eigenvalue weighted by molar-refractivity contribution is 0.0937. The van der Waals surface area contributed by atoms with Crippen molar-refractivity contribution in [1.29, 1.82) is 0 Å². The van der Waals surface area contributed by atoms with E-state index in [1.54, 1.807) is 12.1 Å². The Balaban J connectivity index is 2.66. The van der Waals surface area contributed by atoms with Crippen molar-refractivity contribution in [2.45, 2.75) is 32.7 Å². The van der Waals surface area contributed by atoms with Crippen molar-refractivity contribution in [2.75, 3.05) is 12.3 Å². The van der Waals surface area contributed by atoms with Crippen molar-refractivity contribution >= 4 is 11.6 Å². The maximum atomic E-state index is 11.9. The monoisotopic (exact) mass is 236 g/mol. The molecule has 1 aromatic rings. The summed E-state index contributed by atoms with van der Waals surface area (Å²) < 4.78 is 0. The molecular formula is C13H20N2O2. The van der Waals surface area contributed by atoms with Crippen LogP contribution in [0.4, 0.5) is 5.69 Å². The third-order valence-electron chi connectivity index (χ3n) is 2.63. The van der Waals surface area contributed by atoms with E-state index in [0.717, 1.165) is 12.0 Å². The minimum absolute atomic E-state index is 0.0366. The Morgan fingerprint density at radius 3 is 2.88 bits per heavy atom. The van der Waals surface area contributed by atoms with Crippen molar-refractivity contribution < 1.29 is 9.90 Å². The number of carbonyl (C=O) groups is 1. The highest BCUT2D eigenvalue weighted by Crippen LogP contribution is 2.14. The van der Waals surface area contributed by atoms with Crippen molar-refractivity contribution in [3.8, 4) is 0 Å². The molecule has 1 atom stereocenters. The topological polar surface area (TPSA) is 75.4 Å². The highest BCUT2D eigenvalue weighted by atomic mass is 16.2. The Labute approximate surface area is 102 Å². The lowest BCUT2D eigenvalue weighted by Gasteiger charge is -2.14. The third-order valence-corrected chi connectivity index (χ3v) is 2.63. The second-order valence-electron chi connectivity index (χ2n) is 4.33. The van der Waals surface area contributed by atoms with Crippen LogP contribution in [0.2, 0.25) is 0 Å². The molecule has 0 bridgehead atoms. The number of hydrogen-bond acceptors (Lipinski definition) is 3. The number of anilines is 1. The number of nitrogen functional groups attached to an aromatic ring is 1. The number of amides is 1. The van der Waals surface area contributed by atoms with Crippen LogP contribution in [0.5, 0.6) is 0 Å². The second kappa shape index (κ2) is 6.25. The number of carbonyl (C=O) groups excluding carboxylic acids is 1. The quantitative estimate of drug-likeness (QED) is 0.678. The molecule has 1 unspecified atom stereocenters. The highest BCUT2D eigenvalue weighted by molar-refractivity contribution is 5.99. The van der Waals surface area contributed by atoms with Gasteiger partial charge in [0.2, 0.25) is 0 Å². The van der Waals surface area contributed by atoms with Gasteiger partial charge in [-0.05, 0) is 38.8 Å². The number of hydrogen-bond donors (Lipinski definition) is 3. The van der Waals surface area contributed by atoms with Crippen LogP contribution in [0.15, 0.2) is 18.2 Å². The molecule has 94 valence electrons. The summed E-state index contributed by atoms with van der Waals surface area (Å²) >= 11 is 0. The molecule has 0 radical (unpaired) electrons. The molecule has 0 saturated carbocycles. The Morgan fingerprint density at radius 1 is 1.53 bits per heavy atom. The van der Waals surface area contributed by atoms with Crippen molar-refractivity contribution in [3.05, 3.63) is 29.3 Å². The Morgan fingerprint density at radius 2 is 2.24 bits per heavy atom. The van der Waals surface area contributed by atoms with Crippen LogP contribution in [0, 0.1) is 6.92 Å². The maximum Gasteiger partial charge on any atom is 0.253 e. The first kappa shape index (κ1) is 13.5. The van der Waals surface area contributed by atoms with Gasteiger partial charge in [-0.2, -0.15) is 0 Å². The van der Waals surface area contributed by atoms with Gasteiger partial charge in [-0.25, -0.2) is 0 Å². The van der Waals surface area contributed by atoms with Crippen molar-refractivity contribution in [2.24, 2.45) is 0 Å². The molecule has 4 nitrogen and oxygen atoms in total. The largest absolute Gasteiger partial charge is 0.398 e. The zero-order valence-corrected chi connectivity index (χ0v) is 10.4. The number of aliphatic hydroxyl groups excluding tert-OH is 1. The molecule has 0 aliphatic carbocycles. The van der Waals surface area contributed by atoms with Gasteiger partial charge in [0, 0.05) is 18.3 Å². The fourth-order valence-corrected chi connectivity index (χ4v) is 1.64. The van der Waals surface area contributed by atoms with Gasteiger partial charge in [0.15, 0.2) is 0 Å². The zero-order chi connectivity index (χ0) is 12.8. The zero-order valence-electron chi connectivity index (χ0n) is 10.4. The van der Waals surface area contributed by atoms with Gasteiger partial charge < -0.3 is 16.2 Å². The summed E-state index contributed by atoms with van der Waals surface area (Å²) in [5.74, 6) is -0.156. The number of nitrogens with two attached hydrogens (primary N) is 1. The number of aliphatic hydroxyl groups is 1. The molecule has 1 aromatic carbocycles. The van der Waals surface area contributed by atoms with Gasteiger partial charge in [-0.15, -0.1) is 0 Å². The first-order chi connectivity index (χ1) is 8.04. The molecule has 0 aliphatic heterocycles. The smallest absolute Gasteiger partial charge is 0.253 e. The van der Waals surface area contributed by atoms with Gasteiger partial charge in [0.05, 0.1) is 5.56 Å². The molecule has 4 N–H and O–H groups in total. The van der Waals surface area contributed by atoms with Gasteiger partial charge in [0.1, 0.15) is 0 Å². The van der Waals surface area contributed by atoms with Gasteiger partial charge in [0.25, 0.3) is 5.91 Å². The molecule has 0 aromatic heterocycles. The number of aryl methyl sites for hydroxylation is 1. The molecule has 0 fully saturated rings. The predicted octanol–water partition coefficient (Wildman–Crippen LogP) is 1.47. The van der Waals surface area contributed by atoms with E-state index in [1.165, 1.54) is 0 Å². The summed E-state index contributed by atoms with van der Waals surface area (Å²) in [4.78, 5) is 11.9. The average Bonchev–Trinajstić information content (AvgIpc) is 2.29. The van der Waals surface area contributed by atoms with Crippen molar-refractivity contribution in [3.63, 3.8) is 0 Å². The van der Waals surface area contributed by atoms with Crippen LogP contribution < -0.4 is 11.1 Å². The van der Waals surface area contributed by atoms with E-state index in [-0.39, 0.29) is 18.6 Å². The first-order valence-electron chi connectivity index (χ1n) is 5.82. The second-order valence-corrected chi connectivity index (χ2v) is 4.33. The van der Waals surface area contributed by atoms with Gasteiger partial charge in [-0.3, -0.25) is 4.79 Å². The van der Waals surface area contributed by atoms with Crippen LogP contribution in [0.3, 0.4) is 0 Å². The summed E-state index contributed by atoms with van der Waals surface area (Å²) in [6.07, 6.45) is 1.44. The Hall–Kier alpha value is -1.55. The number of nitrogens with one attached hydrogen (secondary N) is 1. The highest BCUT2D eigenvalue weighted by Gasteiger charge is 2.12. The van der Waals surface area contributed by atoms with E-state index in [4.69, 9.17) is 10.8 Å². The predicted molar refractivity (Wildman–Crippen MR) is 68.8 cm³/mol. The fourth-order valence-electron chi connectivity index (χ4n) is 1.64. The minimum Gasteiger partial charge on any atom is -0.398 e. The molecule has 1 amide bonds. The Kier molecular flexibility index (Phi) is 4.97. The summed E-state index contributed by atoms with van der Waals surface area (Å²) in [6.45, 7) is 3.98. The molecule has 0 saturated heterocycles. The molecule has 17 heavy (non-hydrogen) atoms. The lowest BCUT2D eigenvalue weighted by Crippen LogP contribution is -2.33. The molecule has 0 spiro atoms. The number of benzene rings is 1. The van der Waals surface area contributed by atoms with Gasteiger partial charge in [-0.1, -0.05) is 11.6 Å².